The fourth-order valence-electron chi connectivity index (χ4n) is 2.95. The number of halogens is 2. The summed E-state index contributed by atoms with van der Waals surface area (Å²) in [5.74, 6) is 0. The number of hydrogen-bond acceptors (Lipinski definition) is 2. The van der Waals surface area contributed by atoms with E-state index in [1.54, 1.807) is 0 Å². The molecule has 0 bridgehead atoms. The van der Waals surface area contributed by atoms with Gasteiger partial charge in [-0.25, -0.2) is 0 Å². The number of aromatic nitrogens is 2. The highest BCUT2D eigenvalue weighted by Gasteiger charge is 2.24. The lowest BCUT2D eigenvalue weighted by Gasteiger charge is -2.28. The Morgan fingerprint density at radius 1 is 1.42 bits per heavy atom. The van der Waals surface area contributed by atoms with Crippen LogP contribution in [0.4, 0.5) is 0 Å². The molecule has 1 heterocycles. The van der Waals surface area contributed by atoms with Crippen molar-refractivity contribution in [2.75, 3.05) is 11.9 Å². The summed E-state index contributed by atoms with van der Waals surface area (Å²) in [7, 11) is 2.00. The smallest absolute Gasteiger partial charge is 0.0863 e. The summed E-state index contributed by atoms with van der Waals surface area (Å²) < 4.78 is 1.96. The zero-order valence-electron chi connectivity index (χ0n) is 11.8. The molecular formula is C14H23BrClN3. The largest absolute Gasteiger partial charge is 0.294 e. The average molecular weight is 349 g/mol. The molecule has 5 heteroatoms. The Kier molecular flexibility index (Phi) is 5.72. The van der Waals surface area contributed by atoms with E-state index in [4.69, 9.17) is 11.6 Å². The maximum atomic E-state index is 6.46. The number of alkyl halides is 1. The van der Waals surface area contributed by atoms with E-state index in [1.165, 1.54) is 25.7 Å². The van der Waals surface area contributed by atoms with Gasteiger partial charge in [-0.3, -0.25) is 9.58 Å². The molecule has 1 aliphatic carbocycles. The Balaban J connectivity index is 2.14. The second kappa shape index (κ2) is 7.09. The van der Waals surface area contributed by atoms with E-state index in [-0.39, 0.29) is 0 Å². The summed E-state index contributed by atoms with van der Waals surface area (Å²) in [6.45, 7) is 4.09. The second-order valence-corrected chi connectivity index (χ2v) is 6.45. The van der Waals surface area contributed by atoms with Crippen LogP contribution in [0.3, 0.4) is 0 Å². The van der Waals surface area contributed by atoms with Crippen LogP contribution in [0.5, 0.6) is 0 Å². The predicted molar refractivity (Wildman–Crippen MR) is 84.1 cm³/mol. The second-order valence-electron chi connectivity index (χ2n) is 5.28. The maximum Gasteiger partial charge on any atom is 0.0863 e. The minimum absolute atomic E-state index is 0.716. The van der Waals surface area contributed by atoms with Crippen molar-refractivity contribution in [1.29, 1.82) is 0 Å². The molecule has 2 rings (SSSR count). The summed E-state index contributed by atoms with van der Waals surface area (Å²) >= 11 is 10.0. The van der Waals surface area contributed by atoms with Gasteiger partial charge in [0.1, 0.15) is 0 Å². The van der Waals surface area contributed by atoms with E-state index in [9.17, 15) is 0 Å². The standard InChI is InChI=1S/C14H23BrClN3/c1-3-12-14(16)13(18(2)17-12)10-19(9-8-15)11-6-4-5-7-11/h11H,3-10H2,1-2H3. The molecule has 0 radical (unpaired) electrons. The Morgan fingerprint density at radius 2 is 2.11 bits per heavy atom. The molecule has 0 N–H and O–H groups in total. The lowest BCUT2D eigenvalue weighted by atomic mass is 10.2. The van der Waals surface area contributed by atoms with Gasteiger partial charge in [-0.15, -0.1) is 0 Å². The van der Waals surface area contributed by atoms with E-state index in [0.29, 0.717) is 6.04 Å². The number of hydrogen-bond donors (Lipinski definition) is 0. The summed E-state index contributed by atoms with van der Waals surface area (Å²) in [5, 5.41) is 6.39. The van der Waals surface area contributed by atoms with Crippen LogP contribution >= 0.6 is 27.5 Å². The van der Waals surface area contributed by atoms with Crippen molar-refractivity contribution >= 4 is 27.5 Å². The molecule has 0 saturated heterocycles. The van der Waals surface area contributed by atoms with Crippen molar-refractivity contribution < 1.29 is 0 Å². The van der Waals surface area contributed by atoms with Gasteiger partial charge in [-0.1, -0.05) is 47.3 Å². The van der Waals surface area contributed by atoms with E-state index < -0.39 is 0 Å². The molecular weight excluding hydrogens is 326 g/mol. The predicted octanol–water partition coefficient (Wildman–Crippen LogP) is 3.78. The Morgan fingerprint density at radius 3 is 2.63 bits per heavy atom. The first-order valence-electron chi connectivity index (χ1n) is 7.17. The zero-order chi connectivity index (χ0) is 13.8. The molecule has 1 aliphatic rings. The lowest BCUT2D eigenvalue weighted by molar-refractivity contribution is 0.198. The topological polar surface area (TPSA) is 21.1 Å². The van der Waals surface area contributed by atoms with E-state index in [2.05, 4.69) is 32.9 Å². The summed E-state index contributed by atoms with van der Waals surface area (Å²) in [6.07, 6.45) is 6.27. The van der Waals surface area contributed by atoms with Gasteiger partial charge in [-0.05, 0) is 19.3 Å². The zero-order valence-corrected chi connectivity index (χ0v) is 14.2. The average Bonchev–Trinajstić information content (AvgIpc) is 3.01. The number of aryl methyl sites for hydroxylation is 2. The Hall–Kier alpha value is -0.0600. The molecule has 0 amide bonds. The monoisotopic (exact) mass is 347 g/mol. The van der Waals surface area contributed by atoms with Crippen molar-refractivity contribution in [3.8, 4) is 0 Å². The molecule has 0 atom stereocenters. The van der Waals surface area contributed by atoms with Gasteiger partial charge in [0.15, 0.2) is 0 Å². The normalized spacial score (nSPS) is 16.7. The molecule has 1 fully saturated rings. The van der Waals surface area contributed by atoms with Crippen molar-refractivity contribution in [3.63, 3.8) is 0 Å². The third kappa shape index (κ3) is 3.53. The van der Waals surface area contributed by atoms with Crippen LogP contribution in [0.25, 0.3) is 0 Å². The van der Waals surface area contributed by atoms with Gasteiger partial charge in [0.25, 0.3) is 0 Å². The van der Waals surface area contributed by atoms with Crippen LogP contribution in [-0.2, 0) is 20.0 Å². The van der Waals surface area contributed by atoms with Crippen LogP contribution in [0.1, 0.15) is 44.0 Å². The van der Waals surface area contributed by atoms with Crippen molar-refractivity contribution in [2.24, 2.45) is 7.05 Å². The van der Waals surface area contributed by atoms with Crippen LogP contribution < -0.4 is 0 Å². The molecule has 3 nitrogen and oxygen atoms in total. The van der Waals surface area contributed by atoms with E-state index in [0.717, 1.165) is 41.3 Å². The molecule has 108 valence electrons. The van der Waals surface area contributed by atoms with Crippen molar-refractivity contribution in [3.05, 3.63) is 16.4 Å². The minimum atomic E-state index is 0.716. The van der Waals surface area contributed by atoms with Gasteiger partial charge < -0.3 is 0 Å². The lowest BCUT2D eigenvalue weighted by Crippen LogP contribution is -2.35. The third-order valence-electron chi connectivity index (χ3n) is 4.07. The molecule has 0 aliphatic heterocycles. The Bertz CT molecular complexity index is 413. The van der Waals surface area contributed by atoms with Gasteiger partial charge in [0.05, 0.1) is 16.4 Å². The third-order valence-corrected chi connectivity index (χ3v) is 4.86. The molecule has 0 spiro atoms. The number of rotatable bonds is 6. The first kappa shape index (κ1) is 15.3. The highest BCUT2D eigenvalue weighted by molar-refractivity contribution is 9.09. The first-order chi connectivity index (χ1) is 9.17. The van der Waals surface area contributed by atoms with Gasteiger partial charge in [0.2, 0.25) is 0 Å². The highest BCUT2D eigenvalue weighted by atomic mass is 79.9. The summed E-state index contributed by atoms with van der Waals surface area (Å²) in [5.41, 5.74) is 2.18. The summed E-state index contributed by atoms with van der Waals surface area (Å²) in [6, 6.07) is 0.716. The van der Waals surface area contributed by atoms with Crippen molar-refractivity contribution in [2.45, 2.75) is 51.6 Å². The minimum Gasteiger partial charge on any atom is -0.294 e. The number of nitrogens with zero attached hydrogens (tertiary/aromatic N) is 3. The van der Waals surface area contributed by atoms with Crippen LogP contribution in [0.2, 0.25) is 5.02 Å². The van der Waals surface area contributed by atoms with Crippen molar-refractivity contribution in [1.82, 2.24) is 14.7 Å². The SMILES string of the molecule is CCc1nn(C)c(CN(CCBr)C2CCCC2)c1Cl. The molecule has 0 unspecified atom stereocenters. The fraction of sp³-hybridized carbons (Fsp3) is 0.786. The fourth-order valence-corrected chi connectivity index (χ4v) is 3.76. The van der Waals surface area contributed by atoms with Gasteiger partial charge in [0, 0.05) is 31.5 Å². The maximum absolute atomic E-state index is 6.46. The quantitative estimate of drug-likeness (QED) is 0.730. The highest BCUT2D eigenvalue weighted by Crippen LogP contribution is 2.28. The molecule has 1 saturated carbocycles. The van der Waals surface area contributed by atoms with E-state index in [1.807, 2.05) is 11.7 Å². The Labute approximate surface area is 129 Å². The van der Waals surface area contributed by atoms with E-state index >= 15 is 0 Å². The van der Waals surface area contributed by atoms with Crippen LogP contribution in [0, 0.1) is 0 Å². The van der Waals surface area contributed by atoms with Gasteiger partial charge in [-0.2, -0.15) is 5.10 Å². The molecule has 0 aromatic carbocycles. The molecule has 19 heavy (non-hydrogen) atoms. The molecule has 1 aromatic rings. The van der Waals surface area contributed by atoms with Crippen LogP contribution in [0.15, 0.2) is 0 Å². The van der Waals surface area contributed by atoms with Gasteiger partial charge >= 0.3 is 0 Å². The first-order valence-corrected chi connectivity index (χ1v) is 8.67. The summed E-state index contributed by atoms with van der Waals surface area (Å²) in [4.78, 5) is 2.56. The van der Waals surface area contributed by atoms with Crippen LogP contribution in [-0.4, -0.2) is 32.6 Å². The molecule has 1 aromatic heterocycles.